The first-order valence-electron chi connectivity index (χ1n) is 6.43. The van der Waals surface area contributed by atoms with Crippen LogP contribution in [0.4, 0.5) is 0 Å². The van der Waals surface area contributed by atoms with E-state index in [9.17, 15) is 4.79 Å². The average molecular weight is 309 g/mol. The summed E-state index contributed by atoms with van der Waals surface area (Å²) in [6.45, 7) is 2.29. The number of oxazole rings is 1. The molecule has 1 aliphatic rings. The molecule has 0 unspecified atom stereocenters. The largest absolute Gasteiger partial charge is 0.492 e. The fourth-order valence-corrected chi connectivity index (χ4v) is 2.42. The van der Waals surface area contributed by atoms with E-state index in [1.54, 1.807) is 6.07 Å². The van der Waals surface area contributed by atoms with E-state index in [1.165, 1.54) is 0 Å². The van der Waals surface area contributed by atoms with Crippen LogP contribution in [0, 0.1) is 0 Å². The van der Waals surface area contributed by atoms with Gasteiger partial charge in [-0.1, -0.05) is 11.6 Å². The van der Waals surface area contributed by atoms with Gasteiger partial charge in [-0.05, 0) is 18.2 Å². The maximum absolute atomic E-state index is 10.8. The van der Waals surface area contributed by atoms with E-state index in [2.05, 4.69) is 9.88 Å². The smallest absolute Gasteiger partial charge is 0.357 e. The van der Waals surface area contributed by atoms with Gasteiger partial charge >= 0.3 is 5.97 Å². The second kappa shape index (κ2) is 5.75. The van der Waals surface area contributed by atoms with Crippen LogP contribution < -0.4 is 4.74 Å². The number of ether oxygens (including phenoxy) is 1. The maximum atomic E-state index is 10.8. The van der Waals surface area contributed by atoms with Crippen LogP contribution in [0.15, 0.2) is 28.9 Å². The summed E-state index contributed by atoms with van der Waals surface area (Å²) in [6.07, 6.45) is 1.15. The molecule has 1 N–H and O–H groups in total. The zero-order valence-electron chi connectivity index (χ0n) is 11.1. The Kier molecular flexibility index (Phi) is 3.81. The number of hydrogen-bond acceptors (Lipinski definition) is 5. The molecule has 110 valence electrons. The molecule has 0 radical (unpaired) electrons. The maximum Gasteiger partial charge on any atom is 0.357 e. The van der Waals surface area contributed by atoms with Gasteiger partial charge in [0.05, 0.1) is 6.54 Å². The number of carbonyl (C=O) groups is 1. The molecule has 6 nitrogen and oxygen atoms in total. The lowest BCUT2D eigenvalue weighted by atomic mass is 10.2. The molecule has 7 heteroatoms. The van der Waals surface area contributed by atoms with Gasteiger partial charge in [0.1, 0.15) is 18.6 Å². The number of hydrogen-bond donors (Lipinski definition) is 1. The molecule has 2 heterocycles. The van der Waals surface area contributed by atoms with E-state index in [4.69, 9.17) is 25.9 Å². The molecular weight excluding hydrogens is 296 g/mol. The number of benzene rings is 1. The predicted octanol–water partition coefficient (Wildman–Crippen LogP) is 2.42. The monoisotopic (exact) mass is 308 g/mol. The summed E-state index contributed by atoms with van der Waals surface area (Å²) in [6, 6.07) is 5.52. The molecule has 1 aromatic carbocycles. The SMILES string of the molecule is O=C(O)c1coc(CN2CCOc3ccc(Cl)cc3C2)n1. The van der Waals surface area contributed by atoms with Crippen LogP contribution in [0.5, 0.6) is 5.75 Å². The van der Waals surface area contributed by atoms with Crippen molar-refractivity contribution in [2.45, 2.75) is 13.1 Å². The minimum atomic E-state index is -1.10. The standard InChI is InChI=1S/C14H13ClN2O4/c15-10-1-2-12-9(5-10)6-17(3-4-20-12)7-13-16-11(8-21-13)14(18)19/h1-2,5,8H,3-4,6-7H2,(H,18,19). The molecule has 0 aliphatic carbocycles. The highest BCUT2D eigenvalue weighted by Crippen LogP contribution is 2.26. The van der Waals surface area contributed by atoms with Crippen molar-refractivity contribution in [3.05, 3.63) is 46.6 Å². The van der Waals surface area contributed by atoms with E-state index < -0.39 is 5.97 Å². The Morgan fingerprint density at radius 3 is 3.10 bits per heavy atom. The lowest BCUT2D eigenvalue weighted by Gasteiger charge is -2.16. The van der Waals surface area contributed by atoms with Gasteiger partial charge in [-0.3, -0.25) is 4.90 Å². The molecule has 0 atom stereocenters. The van der Waals surface area contributed by atoms with Crippen molar-refractivity contribution in [3.63, 3.8) is 0 Å². The van der Waals surface area contributed by atoms with E-state index in [0.717, 1.165) is 17.6 Å². The van der Waals surface area contributed by atoms with Crippen LogP contribution in [-0.2, 0) is 13.1 Å². The summed E-state index contributed by atoms with van der Waals surface area (Å²) >= 11 is 6.01. The van der Waals surface area contributed by atoms with Crippen molar-refractivity contribution in [1.82, 2.24) is 9.88 Å². The number of aromatic nitrogens is 1. The molecule has 0 saturated heterocycles. The van der Waals surface area contributed by atoms with Crippen molar-refractivity contribution < 1.29 is 19.1 Å². The lowest BCUT2D eigenvalue weighted by molar-refractivity contribution is 0.0690. The molecule has 0 amide bonds. The molecule has 0 bridgehead atoms. The summed E-state index contributed by atoms with van der Waals surface area (Å²) in [5.74, 6) is 0.0970. The van der Waals surface area contributed by atoms with Gasteiger partial charge < -0.3 is 14.3 Å². The number of aromatic carboxylic acids is 1. The van der Waals surface area contributed by atoms with E-state index in [0.29, 0.717) is 37.2 Å². The van der Waals surface area contributed by atoms with Crippen LogP contribution in [0.1, 0.15) is 21.9 Å². The van der Waals surface area contributed by atoms with Crippen LogP contribution in [0.25, 0.3) is 0 Å². The highest BCUT2D eigenvalue weighted by Gasteiger charge is 2.18. The molecule has 1 aromatic heterocycles. The molecule has 21 heavy (non-hydrogen) atoms. The van der Waals surface area contributed by atoms with Gasteiger partial charge in [-0.2, -0.15) is 0 Å². The Bertz CT molecular complexity index is 671. The lowest BCUT2D eigenvalue weighted by Crippen LogP contribution is -2.25. The third-order valence-electron chi connectivity index (χ3n) is 3.21. The molecule has 0 spiro atoms. The second-order valence-electron chi connectivity index (χ2n) is 4.74. The van der Waals surface area contributed by atoms with Gasteiger partial charge in [0.25, 0.3) is 0 Å². The molecular formula is C14H13ClN2O4. The van der Waals surface area contributed by atoms with Crippen molar-refractivity contribution in [2.75, 3.05) is 13.2 Å². The van der Waals surface area contributed by atoms with Crippen molar-refractivity contribution in [2.24, 2.45) is 0 Å². The fraction of sp³-hybridized carbons (Fsp3) is 0.286. The molecule has 0 fully saturated rings. The van der Waals surface area contributed by atoms with Gasteiger partial charge in [0.15, 0.2) is 5.69 Å². The summed E-state index contributed by atoms with van der Waals surface area (Å²) in [5.41, 5.74) is 0.907. The van der Waals surface area contributed by atoms with Gasteiger partial charge in [-0.15, -0.1) is 0 Å². The van der Waals surface area contributed by atoms with Crippen molar-refractivity contribution >= 4 is 17.6 Å². The van der Waals surface area contributed by atoms with Crippen LogP contribution in [-0.4, -0.2) is 34.1 Å². The summed E-state index contributed by atoms with van der Waals surface area (Å²) in [4.78, 5) is 16.8. The first kappa shape index (κ1) is 13.9. The zero-order chi connectivity index (χ0) is 14.8. The normalized spacial score (nSPS) is 15.1. The van der Waals surface area contributed by atoms with Crippen LogP contribution >= 0.6 is 11.6 Å². The third kappa shape index (κ3) is 3.17. The van der Waals surface area contributed by atoms with Gasteiger partial charge in [-0.25, -0.2) is 9.78 Å². The summed E-state index contributed by atoms with van der Waals surface area (Å²) in [5, 5.41) is 9.49. The van der Waals surface area contributed by atoms with Gasteiger partial charge in [0, 0.05) is 23.7 Å². The Morgan fingerprint density at radius 2 is 2.33 bits per heavy atom. The van der Waals surface area contributed by atoms with E-state index in [-0.39, 0.29) is 5.69 Å². The van der Waals surface area contributed by atoms with Gasteiger partial charge in [0.2, 0.25) is 5.89 Å². The molecule has 3 rings (SSSR count). The molecule has 0 saturated carbocycles. The number of carboxylic acid groups (broad SMARTS) is 1. The zero-order valence-corrected chi connectivity index (χ0v) is 11.8. The molecule has 2 aromatic rings. The quantitative estimate of drug-likeness (QED) is 0.938. The topological polar surface area (TPSA) is 75.8 Å². The molecule has 1 aliphatic heterocycles. The first-order chi connectivity index (χ1) is 10.1. The number of rotatable bonds is 3. The Hall–Kier alpha value is -2.05. The Balaban J connectivity index is 1.75. The number of halogens is 1. The predicted molar refractivity (Wildman–Crippen MR) is 74.5 cm³/mol. The minimum Gasteiger partial charge on any atom is -0.492 e. The van der Waals surface area contributed by atoms with E-state index >= 15 is 0 Å². The third-order valence-corrected chi connectivity index (χ3v) is 3.45. The Labute approximate surface area is 125 Å². The fourth-order valence-electron chi connectivity index (χ4n) is 2.23. The Morgan fingerprint density at radius 1 is 1.48 bits per heavy atom. The number of carboxylic acids is 1. The van der Waals surface area contributed by atoms with Crippen molar-refractivity contribution in [3.8, 4) is 5.75 Å². The average Bonchev–Trinajstić information content (AvgIpc) is 2.80. The van der Waals surface area contributed by atoms with Crippen LogP contribution in [0.2, 0.25) is 5.02 Å². The van der Waals surface area contributed by atoms with Crippen molar-refractivity contribution in [1.29, 1.82) is 0 Å². The number of nitrogens with zero attached hydrogens (tertiary/aromatic N) is 2. The minimum absolute atomic E-state index is 0.0838. The second-order valence-corrected chi connectivity index (χ2v) is 5.18. The first-order valence-corrected chi connectivity index (χ1v) is 6.81. The highest BCUT2D eigenvalue weighted by atomic mass is 35.5. The summed E-state index contributed by atoms with van der Waals surface area (Å²) < 4.78 is 10.9. The van der Waals surface area contributed by atoms with E-state index in [1.807, 2.05) is 12.1 Å². The number of fused-ring (bicyclic) bond motifs is 1. The summed E-state index contributed by atoms with van der Waals surface area (Å²) in [7, 11) is 0. The van der Waals surface area contributed by atoms with Crippen LogP contribution in [0.3, 0.4) is 0 Å². The highest BCUT2D eigenvalue weighted by molar-refractivity contribution is 6.30.